The first-order valence-corrected chi connectivity index (χ1v) is 8.55. The second-order valence-corrected chi connectivity index (χ2v) is 6.81. The Kier molecular flexibility index (Phi) is 4.06. The number of hydrogen-bond donors (Lipinski definition) is 1. The molecule has 1 heterocycles. The molecule has 1 atom stereocenters. The second kappa shape index (κ2) is 5.78. The van der Waals surface area contributed by atoms with Crippen LogP contribution in [0.25, 0.3) is 0 Å². The van der Waals surface area contributed by atoms with E-state index in [0.717, 1.165) is 6.54 Å². The third kappa shape index (κ3) is 2.64. The Hall–Kier alpha value is -0.640. The maximum atomic E-state index is 3.67. The summed E-state index contributed by atoms with van der Waals surface area (Å²) in [5, 5.41) is 5.76. The van der Waals surface area contributed by atoms with E-state index in [9.17, 15) is 0 Å². The molecule has 0 saturated carbocycles. The number of aryl methyl sites for hydroxylation is 2. The highest BCUT2D eigenvalue weighted by atomic mass is 79.9. The lowest BCUT2D eigenvalue weighted by atomic mass is 10.00. The molecule has 2 aromatic rings. The first-order valence-electron chi connectivity index (χ1n) is 6.87. The minimum Gasteiger partial charge on any atom is -0.306 e. The zero-order valence-corrected chi connectivity index (χ0v) is 13.5. The van der Waals surface area contributed by atoms with Crippen molar-refractivity contribution in [2.24, 2.45) is 0 Å². The molecule has 1 aromatic heterocycles. The van der Waals surface area contributed by atoms with Gasteiger partial charge in [0, 0.05) is 9.35 Å². The van der Waals surface area contributed by atoms with Crippen molar-refractivity contribution in [1.29, 1.82) is 0 Å². The molecule has 100 valence electrons. The van der Waals surface area contributed by atoms with Gasteiger partial charge < -0.3 is 5.32 Å². The summed E-state index contributed by atoms with van der Waals surface area (Å²) in [5.74, 6) is 0. The molecule has 0 radical (unpaired) electrons. The topological polar surface area (TPSA) is 12.0 Å². The highest BCUT2D eigenvalue weighted by Crippen LogP contribution is 2.35. The van der Waals surface area contributed by atoms with Crippen molar-refractivity contribution >= 4 is 27.3 Å². The zero-order valence-electron chi connectivity index (χ0n) is 11.1. The van der Waals surface area contributed by atoms with E-state index in [4.69, 9.17) is 0 Å². The fraction of sp³-hybridized carbons (Fsp3) is 0.375. The molecule has 1 aliphatic carbocycles. The molecule has 0 spiro atoms. The Morgan fingerprint density at radius 1 is 1.26 bits per heavy atom. The highest BCUT2D eigenvalue weighted by Gasteiger charge is 2.19. The summed E-state index contributed by atoms with van der Waals surface area (Å²) < 4.78 is 1.21. The molecular weight excluding hydrogens is 318 g/mol. The number of fused-ring (bicyclic) bond motifs is 1. The first-order chi connectivity index (χ1) is 9.29. The fourth-order valence-corrected chi connectivity index (χ4v) is 4.55. The summed E-state index contributed by atoms with van der Waals surface area (Å²) in [6.07, 6.45) is 3.81. The average molecular weight is 336 g/mol. The molecule has 1 N–H and O–H groups in total. The minimum atomic E-state index is 0.310. The number of nitrogens with one attached hydrogen (secondary N) is 1. The quantitative estimate of drug-likeness (QED) is 0.853. The number of rotatable bonds is 4. The first kappa shape index (κ1) is 13.3. The Bertz CT molecular complexity index is 576. The van der Waals surface area contributed by atoms with E-state index in [-0.39, 0.29) is 0 Å². The molecule has 1 unspecified atom stereocenters. The van der Waals surface area contributed by atoms with E-state index in [1.54, 1.807) is 11.1 Å². The lowest BCUT2D eigenvalue weighted by Crippen LogP contribution is -2.21. The van der Waals surface area contributed by atoms with Gasteiger partial charge in [0.05, 0.1) is 6.04 Å². The summed E-state index contributed by atoms with van der Waals surface area (Å²) >= 11 is 5.48. The van der Waals surface area contributed by atoms with Crippen LogP contribution >= 0.6 is 27.3 Å². The molecule has 0 fully saturated rings. The van der Waals surface area contributed by atoms with Crippen LogP contribution in [-0.4, -0.2) is 6.54 Å². The van der Waals surface area contributed by atoms with Gasteiger partial charge in [0.15, 0.2) is 0 Å². The number of halogens is 1. The fourth-order valence-electron chi connectivity index (χ4n) is 2.85. The van der Waals surface area contributed by atoms with Gasteiger partial charge in [0.1, 0.15) is 0 Å². The third-order valence-corrected chi connectivity index (χ3v) is 5.71. The molecule has 3 rings (SSSR count). The van der Waals surface area contributed by atoms with E-state index in [1.807, 2.05) is 11.3 Å². The van der Waals surface area contributed by atoms with Crippen LogP contribution in [-0.2, 0) is 12.8 Å². The van der Waals surface area contributed by atoms with Gasteiger partial charge in [-0.05, 0) is 69.9 Å². The molecule has 0 aliphatic heterocycles. The van der Waals surface area contributed by atoms with Crippen molar-refractivity contribution in [3.05, 3.63) is 55.7 Å². The van der Waals surface area contributed by atoms with Crippen LogP contribution in [0.1, 0.15) is 41.0 Å². The summed E-state index contributed by atoms with van der Waals surface area (Å²) in [4.78, 5) is 1.37. The maximum Gasteiger partial charge on any atom is 0.0682 e. The third-order valence-electron chi connectivity index (χ3n) is 3.77. The Labute approximate surface area is 127 Å². The zero-order chi connectivity index (χ0) is 13.2. The Balaban J connectivity index is 1.98. The monoisotopic (exact) mass is 335 g/mol. The molecular formula is C16H18BrNS. The number of thiophene rings is 1. The van der Waals surface area contributed by atoms with Gasteiger partial charge in [0.2, 0.25) is 0 Å². The molecule has 1 aliphatic rings. The lowest BCUT2D eigenvalue weighted by molar-refractivity contribution is 0.637. The largest absolute Gasteiger partial charge is 0.306 e. The normalized spacial score (nSPS) is 15.5. The average Bonchev–Trinajstić information content (AvgIpc) is 3.03. The standard InChI is InChI=1S/C16H18BrNS/c1-2-18-15(16-14(17)8-9-19-16)13-7-6-11-4-3-5-12(11)10-13/h6-10,15,18H,2-5H2,1H3. The van der Waals surface area contributed by atoms with E-state index in [0.29, 0.717) is 6.04 Å². The van der Waals surface area contributed by atoms with Gasteiger partial charge in [-0.15, -0.1) is 11.3 Å². The van der Waals surface area contributed by atoms with Crippen molar-refractivity contribution in [2.75, 3.05) is 6.54 Å². The molecule has 0 bridgehead atoms. The van der Waals surface area contributed by atoms with Crippen LogP contribution in [0, 0.1) is 0 Å². The van der Waals surface area contributed by atoms with Crippen LogP contribution in [0.15, 0.2) is 34.1 Å². The van der Waals surface area contributed by atoms with E-state index in [1.165, 1.54) is 34.2 Å². The molecule has 3 heteroatoms. The molecule has 1 aromatic carbocycles. The van der Waals surface area contributed by atoms with E-state index < -0.39 is 0 Å². The van der Waals surface area contributed by atoms with Crippen LogP contribution in [0.4, 0.5) is 0 Å². The van der Waals surface area contributed by atoms with Crippen molar-refractivity contribution in [3.63, 3.8) is 0 Å². The maximum absolute atomic E-state index is 3.67. The minimum absolute atomic E-state index is 0.310. The van der Waals surface area contributed by atoms with Crippen LogP contribution in [0.5, 0.6) is 0 Å². The predicted molar refractivity (Wildman–Crippen MR) is 86.0 cm³/mol. The Morgan fingerprint density at radius 2 is 2.11 bits per heavy atom. The Morgan fingerprint density at radius 3 is 2.84 bits per heavy atom. The van der Waals surface area contributed by atoms with E-state index in [2.05, 4.69) is 57.8 Å². The number of benzene rings is 1. The van der Waals surface area contributed by atoms with Crippen LogP contribution in [0.2, 0.25) is 0 Å². The van der Waals surface area contributed by atoms with Gasteiger partial charge >= 0.3 is 0 Å². The predicted octanol–water partition coefficient (Wildman–Crippen LogP) is 4.70. The summed E-state index contributed by atoms with van der Waals surface area (Å²) in [7, 11) is 0. The second-order valence-electron chi connectivity index (χ2n) is 5.01. The van der Waals surface area contributed by atoms with Gasteiger partial charge in [-0.3, -0.25) is 0 Å². The molecule has 0 amide bonds. The SMILES string of the molecule is CCNC(c1ccc2c(c1)CCC2)c1sccc1Br. The van der Waals surface area contributed by atoms with Crippen molar-refractivity contribution in [2.45, 2.75) is 32.2 Å². The van der Waals surface area contributed by atoms with Crippen molar-refractivity contribution in [1.82, 2.24) is 5.32 Å². The van der Waals surface area contributed by atoms with E-state index >= 15 is 0 Å². The number of hydrogen-bond acceptors (Lipinski definition) is 2. The summed E-state index contributed by atoms with van der Waals surface area (Å²) in [6, 6.07) is 9.47. The van der Waals surface area contributed by atoms with Gasteiger partial charge in [0.25, 0.3) is 0 Å². The highest BCUT2D eigenvalue weighted by molar-refractivity contribution is 9.10. The van der Waals surface area contributed by atoms with Gasteiger partial charge in [-0.25, -0.2) is 0 Å². The lowest BCUT2D eigenvalue weighted by Gasteiger charge is -2.19. The van der Waals surface area contributed by atoms with Crippen LogP contribution < -0.4 is 5.32 Å². The molecule has 19 heavy (non-hydrogen) atoms. The van der Waals surface area contributed by atoms with Crippen molar-refractivity contribution in [3.8, 4) is 0 Å². The van der Waals surface area contributed by atoms with Gasteiger partial charge in [-0.1, -0.05) is 25.1 Å². The van der Waals surface area contributed by atoms with Crippen molar-refractivity contribution < 1.29 is 0 Å². The molecule has 1 nitrogen and oxygen atoms in total. The van der Waals surface area contributed by atoms with Crippen LogP contribution in [0.3, 0.4) is 0 Å². The summed E-state index contributed by atoms with van der Waals surface area (Å²) in [5.41, 5.74) is 4.49. The van der Waals surface area contributed by atoms with Gasteiger partial charge in [-0.2, -0.15) is 0 Å². The summed E-state index contributed by atoms with van der Waals surface area (Å²) in [6.45, 7) is 3.15. The smallest absolute Gasteiger partial charge is 0.0682 e. The molecule has 0 saturated heterocycles.